The van der Waals surface area contributed by atoms with E-state index in [1.807, 2.05) is 0 Å². The predicted octanol–water partition coefficient (Wildman–Crippen LogP) is 0.203. The zero-order chi connectivity index (χ0) is 13.2. The topological polar surface area (TPSA) is 92.7 Å². The number of benzene rings is 1. The molecular formula is C11H13NO5S. The summed E-state index contributed by atoms with van der Waals surface area (Å²) in [6, 6.07) is 5.73. The van der Waals surface area contributed by atoms with Crippen LogP contribution >= 0.6 is 0 Å². The lowest BCUT2D eigenvalue weighted by molar-refractivity contribution is 0.00480. The third-order valence-corrected chi connectivity index (χ3v) is 3.92. The van der Waals surface area contributed by atoms with Gasteiger partial charge in [0.2, 0.25) is 10.0 Å². The number of hydrogen-bond donors (Lipinski definition) is 2. The molecule has 1 fully saturated rings. The highest BCUT2D eigenvalue weighted by molar-refractivity contribution is 7.88. The zero-order valence-electron chi connectivity index (χ0n) is 9.50. The number of carboxylic acids is 1. The standard InChI is InChI=1S/C11H13NO5S/c13-11(14)9-3-1-2-8(4-9)7-18(15,16)12-10-5-17-6-10/h1-4,10,12H,5-7H2,(H,13,14). The van der Waals surface area contributed by atoms with Crippen molar-refractivity contribution in [2.45, 2.75) is 11.8 Å². The number of aromatic carboxylic acids is 1. The van der Waals surface area contributed by atoms with E-state index in [-0.39, 0.29) is 17.4 Å². The molecule has 1 heterocycles. The van der Waals surface area contributed by atoms with E-state index in [0.29, 0.717) is 18.8 Å². The lowest BCUT2D eigenvalue weighted by Gasteiger charge is -2.26. The van der Waals surface area contributed by atoms with E-state index in [2.05, 4.69) is 4.72 Å². The molecule has 0 saturated carbocycles. The second-order valence-electron chi connectivity index (χ2n) is 4.12. The van der Waals surface area contributed by atoms with Crippen LogP contribution in [0.15, 0.2) is 24.3 Å². The molecule has 0 atom stereocenters. The van der Waals surface area contributed by atoms with E-state index >= 15 is 0 Å². The third-order valence-electron chi connectivity index (χ3n) is 2.51. The minimum atomic E-state index is -3.46. The first kappa shape index (κ1) is 13.0. The van der Waals surface area contributed by atoms with Gasteiger partial charge in [-0.25, -0.2) is 17.9 Å². The van der Waals surface area contributed by atoms with E-state index in [4.69, 9.17) is 9.84 Å². The molecule has 0 aliphatic carbocycles. The monoisotopic (exact) mass is 271 g/mol. The van der Waals surface area contributed by atoms with Crippen LogP contribution in [0.1, 0.15) is 15.9 Å². The quantitative estimate of drug-likeness (QED) is 0.798. The summed E-state index contributed by atoms with van der Waals surface area (Å²) >= 11 is 0. The van der Waals surface area contributed by atoms with Gasteiger partial charge in [-0.1, -0.05) is 12.1 Å². The molecule has 98 valence electrons. The van der Waals surface area contributed by atoms with Crippen molar-refractivity contribution < 1.29 is 23.1 Å². The van der Waals surface area contributed by atoms with Crippen LogP contribution in [0.4, 0.5) is 0 Å². The summed E-state index contributed by atoms with van der Waals surface area (Å²) in [5.74, 6) is -1.31. The van der Waals surface area contributed by atoms with Gasteiger partial charge in [0.1, 0.15) is 0 Å². The average molecular weight is 271 g/mol. The fourth-order valence-corrected chi connectivity index (χ4v) is 2.96. The first-order valence-electron chi connectivity index (χ1n) is 5.36. The van der Waals surface area contributed by atoms with Crippen molar-refractivity contribution in [3.63, 3.8) is 0 Å². The number of nitrogens with one attached hydrogen (secondary N) is 1. The Hall–Kier alpha value is -1.44. The Balaban J connectivity index is 2.07. The lowest BCUT2D eigenvalue weighted by atomic mass is 10.1. The van der Waals surface area contributed by atoms with Crippen LogP contribution in [0.2, 0.25) is 0 Å². The Morgan fingerprint density at radius 2 is 2.17 bits per heavy atom. The third kappa shape index (κ3) is 3.28. The molecule has 2 rings (SSSR count). The fraction of sp³-hybridized carbons (Fsp3) is 0.364. The van der Waals surface area contributed by atoms with Crippen LogP contribution in [-0.4, -0.2) is 38.7 Å². The molecular weight excluding hydrogens is 258 g/mol. The van der Waals surface area contributed by atoms with Crippen molar-refractivity contribution in [3.05, 3.63) is 35.4 Å². The molecule has 7 heteroatoms. The van der Waals surface area contributed by atoms with E-state index in [1.165, 1.54) is 18.2 Å². The van der Waals surface area contributed by atoms with Crippen LogP contribution < -0.4 is 4.72 Å². The first-order chi connectivity index (χ1) is 8.46. The van der Waals surface area contributed by atoms with E-state index in [0.717, 1.165) is 0 Å². The Kier molecular flexibility index (Phi) is 3.65. The first-order valence-corrected chi connectivity index (χ1v) is 7.01. The molecule has 6 nitrogen and oxygen atoms in total. The summed E-state index contributed by atoms with van der Waals surface area (Å²) in [5.41, 5.74) is 0.525. The molecule has 0 bridgehead atoms. The smallest absolute Gasteiger partial charge is 0.335 e. The maximum atomic E-state index is 11.8. The zero-order valence-corrected chi connectivity index (χ0v) is 10.3. The number of ether oxygens (including phenoxy) is 1. The fourth-order valence-electron chi connectivity index (χ4n) is 1.61. The number of carbonyl (C=O) groups is 1. The van der Waals surface area contributed by atoms with Crippen LogP contribution in [-0.2, 0) is 20.5 Å². The lowest BCUT2D eigenvalue weighted by Crippen LogP contribution is -2.48. The van der Waals surface area contributed by atoms with Gasteiger partial charge in [-0.2, -0.15) is 0 Å². The molecule has 18 heavy (non-hydrogen) atoms. The van der Waals surface area contributed by atoms with Gasteiger partial charge in [-0.3, -0.25) is 0 Å². The Bertz CT molecular complexity index is 550. The minimum absolute atomic E-state index is 0.0784. The molecule has 0 unspecified atom stereocenters. The highest BCUT2D eigenvalue weighted by Gasteiger charge is 2.24. The molecule has 0 radical (unpaired) electrons. The van der Waals surface area contributed by atoms with Gasteiger partial charge in [0, 0.05) is 0 Å². The van der Waals surface area contributed by atoms with Gasteiger partial charge in [0.05, 0.1) is 30.6 Å². The summed E-state index contributed by atoms with van der Waals surface area (Å²) in [7, 11) is -3.46. The van der Waals surface area contributed by atoms with E-state index in [1.54, 1.807) is 6.07 Å². The second-order valence-corrected chi connectivity index (χ2v) is 5.87. The van der Waals surface area contributed by atoms with Crippen molar-refractivity contribution in [1.29, 1.82) is 0 Å². The Morgan fingerprint density at radius 3 is 2.72 bits per heavy atom. The van der Waals surface area contributed by atoms with E-state index < -0.39 is 16.0 Å². The van der Waals surface area contributed by atoms with Crippen molar-refractivity contribution in [2.75, 3.05) is 13.2 Å². The number of sulfonamides is 1. The SMILES string of the molecule is O=C(O)c1cccc(CS(=O)(=O)NC2COC2)c1. The maximum Gasteiger partial charge on any atom is 0.335 e. The predicted molar refractivity (Wildman–Crippen MR) is 63.8 cm³/mol. The van der Waals surface area contributed by atoms with Gasteiger partial charge in [0.15, 0.2) is 0 Å². The molecule has 1 aliphatic heterocycles. The summed E-state index contributed by atoms with van der Waals surface area (Å²) in [6.45, 7) is 0.767. The van der Waals surface area contributed by atoms with Gasteiger partial charge < -0.3 is 9.84 Å². The Labute approximate surface area is 105 Å². The molecule has 1 aromatic carbocycles. The molecule has 1 aromatic rings. The van der Waals surface area contributed by atoms with E-state index in [9.17, 15) is 13.2 Å². The highest BCUT2D eigenvalue weighted by Crippen LogP contribution is 2.10. The van der Waals surface area contributed by atoms with Gasteiger partial charge >= 0.3 is 5.97 Å². The second kappa shape index (κ2) is 5.05. The van der Waals surface area contributed by atoms with Crippen molar-refractivity contribution >= 4 is 16.0 Å². The molecule has 0 amide bonds. The summed E-state index contributed by atoms with van der Waals surface area (Å²) in [4.78, 5) is 10.8. The van der Waals surface area contributed by atoms with Crippen molar-refractivity contribution in [2.24, 2.45) is 0 Å². The summed E-state index contributed by atoms with van der Waals surface area (Å²) in [5, 5.41) is 8.82. The van der Waals surface area contributed by atoms with Crippen LogP contribution in [0.25, 0.3) is 0 Å². The largest absolute Gasteiger partial charge is 0.478 e. The summed E-state index contributed by atoms with van der Waals surface area (Å²) in [6.07, 6.45) is 0. The minimum Gasteiger partial charge on any atom is -0.478 e. The van der Waals surface area contributed by atoms with Gasteiger partial charge in [0.25, 0.3) is 0 Å². The highest BCUT2D eigenvalue weighted by atomic mass is 32.2. The van der Waals surface area contributed by atoms with Crippen molar-refractivity contribution in [1.82, 2.24) is 4.72 Å². The van der Waals surface area contributed by atoms with Crippen LogP contribution in [0.3, 0.4) is 0 Å². The van der Waals surface area contributed by atoms with Crippen molar-refractivity contribution in [3.8, 4) is 0 Å². The van der Waals surface area contributed by atoms with Crippen LogP contribution in [0, 0.1) is 0 Å². The normalized spacial score (nSPS) is 16.2. The van der Waals surface area contributed by atoms with Crippen LogP contribution in [0.5, 0.6) is 0 Å². The molecule has 0 aromatic heterocycles. The molecule has 2 N–H and O–H groups in total. The van der Waals surface area contributed by atoms with Gasteiger partial charge in [-0.15, -0.1) is 0 Å². The Morgan fingerprint density at radius 1 is 1.44 bits per heavy atom. The number of rotatable bonds is 5. The number of hydrogen-bond acceptors (Lipinski definition) is 4. The average Bonchev–Trinajstić information content (AvgIpc) is 2.23. The molecule has 0 spiro atoms. The molecule has 1 saturated heterocycles. The number of carboxylic acid groups (broad SMARTS) is 1. The maximum absolute atomic E-state index is 11.8. The summed E-state index contributed by atoms with van der Waals surface area (Å²) < 4.78 is 30.9. The molecule has 1 aliphatic rings. The van der Waals surface area contributed by atoms with Gasteiger partial charge in [-0.05, 0) is 17.7 Å².